The van der Waals surface area contributed by atoms with Gasteiger partial charge < -0.3 is 5.32 Å². The Morgan fingerprint density at radius 3 is 2.60 bits per heavy atom. The second-order valence-electron chi connectivity index (χ2n) is 2.38. The van der Waals surface area contributed by atoms with Gasteiger partial charge in [-0.1, -0.05) is 0 Å². The van der Waals surface area contributed by atoms with Crippen molar-refractivity contribution in [1.29, 1.82) is 0 Å². The minimum atomic E-state index is 1.01. The van der Waals surface area contributed by atoms with Crippen LogP contribution in [0.1, 0.15) is 17.4 Å². The highest BCUT2D eigenvalue weighted by molar-refractivity contribution is 7.10. The Kier molecular flexibility index (Phi) is 2.33. The summed E-state index contributed by atoms with van der Waals surface area (Å²) in [5, 5.41) is 5.52. The topological polar surface area (TPSA) is 12.0 Å². The molecule has 0 bridgehead atoms. The Morgan fingerprint density at radius 2 is 2.20 bits per heavy atom. The van der Waals surface area contributed by atoms with E-state index in [4.69, 9.17) is 0 Å². The summed E-state index contributed by atoms with van der Waals surface area (Å²) in [6.45, 7) is 7.42. The number of rotatable bonds is 2. The van der Waals surface area contributed by atoms with E-state index < -0.39 is 0 Å². The highest BCUT2D eigenvalue weighted by Crippen LogP contribution is 2.25. The third kappa shape index (κ3) is 1.32. The van der Waals surface area contributed by atoms with Crippen LogP contribution in [0.25, 0.3) is 0 Å². The fourth-order valence-electron chi connectivity index (χ4n) is 1.01. The maximum atomic E-state index is 3.33. The Balaban J connectivity index is 2.87. The molecule has 0 aliphatic heterocycles. The van der Waals surface area contributed by atoms with Gasteiger partial charge in [0.2, 0.25) is 0 Å². The third-order valence-electron chi connectivity index (χ3n) is 1.51. The molecule has 1 N–H and O–H groups in total. The van der Waals surface area contributed by atoms with Crippen LogP contribution in [0.5, 0.6) is 0 Å². The lowest BCUT2D eigenvalue weighted by Gasteiger charge is -2.02. The number of hydrogen-bond donors (Lipinski definition) is 1. The van der Waals surface area contributed by atoms with E-state index >= 15 is 0 Å². The lowest BCUT2D eigenvalue weighted by atomic mass is 10.3. The third-order valence-corrected chi connectivity index (χ3v) is 2.54. The average Bonchev–Trinajstić information content (AvgIpc) is 2.20. The summed E-state index contributed by atoms with van der Waals surface area (Å²) in [6, 6.07) is 0. The van der Waals surface area contributed by atoms with Crippen LogP contribution in [0.4, 0.5) is 5.69 Å². The molecule has 0 spiro atoms. The van der Waals surface area contributed by atoms with E-state index in [1.807, 2.05) is 11.3 Å². The summed E-state index contributed by atoms with van der Waals surface area (Å²) in [4.78, 5) is 1.39. The van der Waals surface area contributed by atoms with Crippen molar-refractivity contribution in [2.75, 3.05) is 11.9 Å². The first-order valence-corrected chi connectivity index (χ1v) is 4.42. The molecule has 2 heteroatoms. The van der Waals surface area contributed by atoms with Crippen molar-refractivity contribution in [1.82, 2.24) is 0 Å². The van der Waals surface area contributed by atoms with Crippen molar-refractivity contribution in [2.24, 2.45) is 0 Å². The minimum Gasteiger partial charge on any atom is -0.384 e. The lowest BCUT2D eigenvalue weighted by molar-refractivity contribution is 1.20. The van der Waals surface area contributed by atoms with Crippen LogP contribution < -0.4 is 5.32 Å². The first-order chi connectivity index (χ1) is 4.75. The zero-order valence-corrected chi connectivity index (χ0v) is 7.51. The van der Waals surface area contributed by atoms with Crippen LogP contribution in [0.2, 0.25) is 0 Å². The summed E-state index contributed by atoms with van der Waals surface area (Å²) in [5.74, 6) is 0. The Bertz CT molecular complexity index is 196. The van der Waals surface area contributed by atoms with Gasteiger partial charge in [0.1, 0.15) is 0 Å². The van der Waals surface area contributed by atoms with E-state index in [1.165, 1.54) is 16.1 Å². The molecule has 1 rings (SSSR count). The van der Waals surface area contributed by atoms with Crippen molar-refractivity contribution in [2.45, 2.75) is 20.8 Å². The minimum absolute atomic E-state index is 1.01. The van der Waals surface area contributed by atoms with Crippen molar-refractivity contribution in [3.05, 3.63) is 15.8 Å². The van der Waals surface area contributed by atoms with Crippen molar-refractivity contribution >= 4 is 17.0 Å². The molecule has 0 atom stereocenters. The van der Waals surface area contributed by atoms with Crippen LogP contribution in [-0.4, -0.2) is 6.54 Å². The van der Waals surface area contributed by atoms with Gasteiger partial charge in [-0.05, 0) is 31.7 Å². The fraction of sp³-hybridized carbons (Fsp3) is 0.500. The quantitative estimate of drug-likeness (QED) is 0.692. The number of thiophene rings is 1. The van der Waals surface area contributed by atoms with Gasteiger partial charge in [-0.3, -0.25) is 0 Å². The number of anilines is 1. The lowest BCUT2D eigenvalue weighted by Crippen LogP contribution is -1.97. The van der Waals surface area contributed by atoms with Gasteiger partial charge in [0.05, 0.1) is 5.69 Å². The van der Waals surface area contributed by atoms with E-state index in [0.29, 0.717) is 0 Å². The predicted molar refractivity (Wildman–Crippen MR) is 48.0 cm³/mol. The maximum absolute atomic E-state index is 3.33. The average molecular weight is 155 g/mol. The smallest absolute Gasteiger partial charge is 0.0508 e. The first kappa shape index (κ1) is 7.61. The number of hydrogen-bond acceptors (Lipinski definition) is 2. The zero-order valence-electron chi connectivity index (χ0n) is 6.69. The molecule has 0 saturated carbocycles. The van der Waals surface area contributed by atoms with Gasteiger partial charge in [-0.15, -0.1) is 11.3 Å². The van der Waals surface area contributed by atoms with E-state index in [-0.39, 0.29) is 0 Å². The van der Waals surface area contributed by atoms with Gasteiger partial charge in [0, 0.05) is 11.4 Å². The molecule has 0 unspecified atom stereocenters. The van der Waals surface area contributed by atoms with Gasteiger partial charge >= 0.3 is 0 Å². The van der Waals surface area contributed by atoms with Crippen LogP contribution in [0.15, 0.2) is 5.38 Å². The largest absolute Gasteiger partial charge is 0.384 e. The summed E-state index contributed by atoms with van der Waals surface area (Å²) in [5.41, 5.74) is 2.69. The molecule has 0 aliphatic rings. The normalized spacial score (nSPS) is 9.90. The number of aryl methyl sites for hydroxylation is 2. The molecule has 0 amide bonds. The molecule has 1 aromatic heterocycles. The molecule has 1 nitrogen and oxygen atoms in total. The predicted octanol–water partition coefficient (Wildman–Crippen LogP) is 2.80. The van der Waals surface area contributed by atoms with Crippen LogP contribution in [0.3, 0.4) is 0 Å². The molecule has 0 aliphatic carbocycles. The Labute approximate surface area is 66.1 Å². The molecule has 1 aromatic rings. The number of nitrogens with one attached hydrogen (secondary N) is 1. The molecular weight excluding hydrogens is 142 g/mol. The molecule has 0 fully saturated rings. The molecule has 10 heavy (non-hydrogen) atoms. The molecule has 0 saturated heterocycles. The van der Waals surface area contributed by atoms with E-state index in [2.05, 4.69) is 31.5 Å². The van der Waals surface area contributed by atoms with Crippen LogP contribution in [-0.2, 0) is 0 Å². The zero-order chi connectivity index (χ0) is 7.56. The molecular formula is C8H13NS. The summed E-state index contributed by atoms with van der Waals surface area (Å²) in [7, 11) is 0. The monoisotopic (exact) mass is 155 g/mol. The molecule has 0 radical (unpaired) electrons. The van der Waals surface area contributed by atoms with Gasteiger partial charge in [0.25, 0.3) is 0 Å². The Morgan fingerprint density at radius 1 is 1.50 bits per heavy atom. The standard InChI is InChI=1S/C8H13NS/c1-4-9-8-6(2)5-10-7(8)3/h5,9H,4H2,1-3H3. The first-order valence-electron chi connectivity index (χ1n) is 3.54. The molecule has 56 valence electrons. The fourth-order valence-corrected chi connectivity index (χ4v) is 1.84. The highest BCUT2D eigenvalue weighted by atomic mass is 32.1. The van der Waals surface area contributed by atoms with Crippen LogP contribution in [0, 0.1) is 13.8 Å². The SMILES string of the molecule is CCNc1c(C)csc1C. The second-order valence-corrected chi connectivity index (χ2v) is 3.46. The van der Waals surface area contributed by atoms with Gasteiger partial charge in [-0.25, -0.2) is 0 Å². The van der Waals surface area contributed by atoms with E-state index in [1.54, 1.807) is 0 Å². The van der Waals surface area contributed by atoms with E-state index in [9.17, 15) is 0 Å². The summed E-state index contributed by atoms with van der Waals surface area (Å²) >= 11 is 1.81. The van der Waals surface area contributed by atoms with Gasteiger partial charge in [-0.2, -0.15) is 0 Å². The second kappa shape index (κ2) is 3.06. The van der Waals surface area contributed by atoms with Crippen LogP contribution >= 0.6 is 11.3 Å². The highest BCUT2D eigenvalue weighted by Gasteiger charge is 2.01. The summed E-state index contributed by atoms with van der Waals surface area (Å²) in [6.07, 6.45) is 0. The van der Waals surface area contributed by atoms with E-state index in [0.717, 1.165) is 6.54 Å². The van der Waals surface area contributed by atoms with Crippen molar-refractivity contribution in [3.63, 3.8) is 0 Å². The Hall–Kier alpha value is -0.500. The molecule has 0 aromatic carbocycles. The molecule has 1 heterocycles. The van der Waals surface area contributed by atoms with Gasteiger partial charge in [0.15, 0.2) is 0 Å². The van der Waals surface area contributed by atoms with Crippen molar-refractivity contribution < 1.29 is 0 Å². The van der Waals surface area contributed by atoms with Crippen molar-refractivity contribution in [3.8, 4) is 0 Å². The summed E-state index contributed by atoms with van der Waals surface area (Å²) < 4.78 is 0. The maximum Gasteiger partial charge on any atom is 0.0508 e.